The molecule has 0 heterocycles. The number of nitrogens with zero attached hydrogens (tertiary/aromatic N) is 1. The molecule has 0 bridgehead atoms. The van der Waals surface area contributed by atoms with Crippen molar-refractivity contribution >= 4 is 27.3 Å². The lowest BCUT2D eigenvalue weighted by Crippen LogP contribution is -2.30. The molecule has 0 aliphatic carbocycles. The van der Waals surface area contributed by atoms with Crippen molar-refractivity contribution in [1.29, 1.82) is 0 Å². The fourth-order valence-electron chi connectivity index (χ4n) is 2.93. The van der Waals surface area contributed by atoms with Gasteiger partial charge < -0.3 is 15.0 Å². The van der Waals surface area contributed by atoms with Crippen molar-refractivity contribution in [2.75, 3.05) is 37.0 Å². The summed E-state index contributed by atoms with van der Waals surface area (Å²) in [4.78, 5) is 14.8. The smallest absolute Gasteiger partial charge is 0.255 e. The molecular formula is C21H29N3O4S. The Hall–Kier alpha value is -2.42. The summed E-state index contributed by atoms with van der Waals surface area (Å²) in [5, 5.41) is 2.83. The lowest BCUT2D eigenvalue weighted by atomic mass is 10.2. The van der Waals surface area contributed by atoms with Crippen LogP contribution in [0.1, 0.15) is 31.1 Å². The number of ether oxygens (including phenoxy) is 1. The van der Waals surface area contributed by atoms with Crippen LogP contribution in [0, 0.1) is 0 Å². The Kier molecular flexibility index (Phi) is 8.19. The van der Waals surface area contributed by atoms with Crippen molar-refractivity contribution in [3.8, 4) is 0 Å². The summed E-state index contributed by atoms with van der Waals surface area (Å²) >= 11 is 0. The molecule has 0 aliphatic rings. The van der Waals surface area contributed by atoms with Gasteiger partial charge in [0, 0.05) is 43.2 Å². The molecule has 0 aromatic heterocycles. The first-order valence-corrected chi connectivity index (χ1v) is 11.0. The second kappa shape index (κ2) is 10.4. The molecule has 0 spiro atoms. The van der Waals surface area contributed by atoms with E-state index in [0.717, 1.165) is 12.2 Å². The molecule has 0 radical (unpaired) electrons. The van der Waals surface area contributed by atoms with Crippen molar-refractivity contribution in [1.82, 2.24) is 4.72 Å². The molecule has 158 valence electrons. The van der Waals surface area contributed by atoms with E-state index in [2.05, 4.69) is 35.7 Å². The number of hydrogen-bond donors (Lipinski definition) is 2. The monoisotopic (exact) mass is 419 g/mol. The summed E-state index contributed by atoms with van der Waals surface area (Å²) in [6, 6.07) is 13.9. The summed E-state index contributed by atoms with van der Waals surface area (Å²) < 4.78 is 31.6. The number of methoxy groups -OCH3 is 1. The summed E-state index contributed by atoms with van der Waals surface area (Å²) in [5.41, 5.74) is 2.15. The normalized spacial score (nSPS) is 11.5. The molecule has 0 saturated carbocycles. The fourth-order valence-corrected chi connectivity index (χ4v) is 3.95. The van der Waals surface area contributed by atoms with Crippen LogP contribution in [0.15, 0.2) is 53.4 Å². The molecule has 0 fully saturated rings. The van der Waals surface area contributed by atoms with Gasteiger partial charge in [0.05, 0.1) is 11.5 Å². The van der Waals surface area contributed by atoms with Crippen LogP contribution in [0.2, 0.25) is 0 Å². The van der Waals surface area contributed by atoms with Gasteiger partial charge in [-0.25, -0.2) is 13.1 Å². The van der Waals surface area contributed by atoms with Crippen molar-refractivity contribution < 1.29 is 17.9 Å². The summed E-state index contributed by atoms with van der Waals surface area (Å²) in [5.74, 6) is -0.301. The number of carbonyl (C=O) groups is 1. The molecule has 0 aliphatic heterocycles. The number of benzene rings is 2. The second-order valence-electron chi connectivity index (χ2n) is 6.80. The third kappa shape index (κ3) is 6.28. The lowest BCUT2D eigenvalue weighted by Gasteiger charge is -2.27. The quantitative estimate of drug-likeness (QED) is 0.578. The molecular weight excluding hydrogens is 390 g/mol. The van der Waals surface area contributed by atoms with Gasteiger partial charge in [-0.1, -0.05) is 0 Å². The minimum absolute atomic E-state index is 0.0999. The number of amides is 1. The van der Waals surface area contributed by atoms with E-state index in [1.54, 1.807) is 0 Å². The van der Waals surface area contributed by atoms with Gasteiger partial charge in [-0.15, -0.1) is 0 Å². The first kappa shape index (κ1) is 22.9. The van der Waals surface area contributed by atoms with E-state index >= 15 is 0 Å². The highest BCUT2D eigenvalue weighted by Crippen LogP contribution is 2.20. The van der Waals surface area contributed by atoms with Crippen LogP contribution in [0.4, 0.5) is 11.4 Å². The van der Waals surface area contributed by atoms with E-state index in [-0.39, 0.29) is 24.0 Å². The molecule has 8 heteroatoms. The van der Waals surface area contributed by atoms with Crippen molar-refractivity contribution in [3.63, 3.8) is 0 Å². The second-order valence-corrected chi connectivity index (χ2v) is 8.56. The first-order chi connectivity index (χ1) is 13.8. The third-order valence-corrected chi connectivity index (χ3v) is 5.92. The molecule has 7 nitrogen and oxygen atoms in total. The van der Waals surface area contributed by atoms with E-state index < -0.39 is 10.0 Å². The van der Waals surface area contributed by atoms with Gasteiger partial charge in [-0.2, -0.15) is 0 Å². The largest absolute Gasteiger partial charge is 0.383 e. The zero-order valence-corrected chi connectivity index (χ0v) is 18.1. The Balaban J connectivity index is 2.04. The summed E-state index contributed by atoms with van der Waals surface area (Å²) in [7, 11) is -2.12. The van der Waals surface area contributed by atoms with Crippen LogP contribution in [0.25, 0.3) is 0 Å². The van der Waals surface area contributed by atoms with Gasteiger partial charge in [-0.05, 0) is 69.3 Å². The Labute approximate surface area is 173 Å². The zero-order chi connectivity index (χ0) is 21.4. The van der Waals surface area contributed by atoms with Gasteiger partial charge in [0.25, 0.3) is 5.91 Å². The predicted molar refractivity (Wildman–Crippen MR) is 116 cm³/mol. The summed E-state index contributed by atoms with van der Waals surface area (Å²) in [6.07, 6.45) is 0. The predicted octanol–water partition coefficient (Wildman–Crippen LogP) is 3.10. The van der Waals surface area contributed by atoms with Gasteiger partial charge in [0.15, 0.2) is 0 Å². The Morgan fingerprint density at radius 2 is 1.69 bits per heavy atom. The highest BCUT2D eigenvalue weighted by Gasteiger charge is 2.15. The maximum Gasteiger partial charge on any atom is 0.255 e. The number of hydrogen-bond acceptors (Lipinski definition) is 5. The molecule has 2 aromatic carbocycles. The number of rotatable bonds is 10. The molecule has 2 rings (SSSR count). The number of sulfonamides is 1. The van der Waals surface area contributed by atoms with Crippen LogP contribution in [0.5, 0.6) is 0 Å². The Morgan fingerprint density at radius 3 is 2.21 bits per heavy atom. The molecule has 0 atom stereocenters. The SMILES string of the molecule is CCN(c1ccc(NC(=O)c2ccc(S(=O)(=O)NCCOC)cc2)cc1)C(C)C. The highest BCUT2D eigenvalue weighted by molar-refractivity contribution is 7.89. The van der Waals surface area contributed by atoms with Crippen LogP contribution >= 0.6 is 0 Å². The number of anilines is 2. The average molecular weight is 420 g/mol. The maximum atomic E-state index is 12.5. The molecule has 2 aromatic rings. The highest BCUT2D eigenvalue weighted by atomic mass is 32.2. The molecule has 1 amide bonds. The van der Waals surface area contributed by atoms with E-state index in [1.807, 2.05) is 24.3 Å². The molecule has 0 unspecified atom stereocenters. The van der Waals surface area contributed by atoms with Crippen LogP contribution in [0.3, 0.4) is 0 Å². The van der Waals surface area contributed by atoms with Gasteiger partial charge in [0.2, 0.25) is 10.0 Å². The molecule has 2 N–H and O–H groups in total. The first-order valence-electron chi connectivity index (χ1n) is 9.55. The topological polar surface area (TPSA) is 87.7 Å². The van der Waals surface area contributed by atoms with Crippen molar-refractivity contribution in [2.45, 2.75) is 31.7 Å². The van der Waals surface area contributed by atoms with E-state index in [4.69, 9.17) is 4.74 Å². The Morgan fingerprint density at radius 1 is 1.07 bits per heavy atom. The van der Waals surface area contributed by atoms with E-state index in [9.17, 15) is 13.2 Å². The number of carbonyl (C=O) groups excluding carboxylic acids is 1. The van der Waals surface area contributed by atoms with Gasteiger partial charge >= 0.3 is 0 Å². The molecule has 29 heavy (non-hydrogen) atoms. The zero-order valence-electron chi connectivity index (χ0n) is 17.3. The lowest BCUT2D eigenvalue weighted by molar-refractivity contribution is 0.102. The maximum absolute atomic E-state index is 12.5. The summed E-state index contributed by atoms with van der Waals surface area (Å²) in [6.45, 7) is 7.74. The van der Waals surface area contributed by atoms with Crippen LogP contribution in [-0.2, 0) is 14.8 Å². The third-order valence-electron chi connectivity index (χ3n) is 4.45. The van der Waals surface area contributed by atoms with Gasteiger partial charge in [0.1, 0.15) is 0 Å². The minimum atomic E-state index is -3.62. The van der Waals surface area contributed by atoms with Gasteiger partial charge in [-0.3, -0.25) is 4.79 Å². The van der Waals surface area contributed by atoms with Crippen molar-refractivity contribution in [2.24, 2.45) is 0 Å². The standard InChI is InChI=1S/C21H29N3O4S/c1-5-24(16(2)3)19-10-8-18(9-11-19)23-21(25)17-6-12-20(13-7-17)29(26,27)22-14-15-28-4/h6-13,16,22H,5,14-15H2,1-4H3,(H,23,25). The number of nitrogens with one attached hydrogen (secondary N) is 2. The average Bonchev–Trinajstić information content (AvgIpc) is 2.70. The minimum Gasteiger partial charge on any atom is -0.383 e. The fraction of sp³-hybridized carbons (Fsp3) is 0.381. The van der Waals surface area contributed by atoms with Crippen LogP contribution in [-0.4, -0.2) is 47.2 Å². The van der Waals surface area contributed by atoms with Crippen molar-refractivity contribution in [3.05, 3.63) is 54.1 Å². The van der Waals surface area contributed by atoms with E-state index in [1.165, 1.54) is 31.4 Å². The van der Waals surface area contributed by atoms with Crippen LogP contribution < -0.4 is 14.9 Å². The molecule has 0 saturated heterocycles. The van der Waals surface area contributed by atoms with E-state index in [0.29, 0.717) is 17.3 Å². The Bertz CT molecular complexity index is 895.